The van der Waals surface area contributed by atoms with Crippen LogP contribution >= 0.6 is 22.1 Å². The Bertz CT molecular complexity index is 429. The molecule has 0 rings (SSSR count). The molecular weight excluding hydrogens is 360 g/mol. The van der Waals surface area contributed by atoms with Gasteiger partial charge in [0, 0.05) is 0 Å². The summed E-state index contributed by atoms with van der Waals surface area (Å²) in [5.74, 6) is 5.25. The van der Waals surface area contributed by atoms with Crippen molar-refractivity contribution in [3.05, 3.63) is 74.4 Å². The molecule has 0 aromatic rings. The van der Waals surface area contributed by atoms with E-state index in [0.29, 0.717) is 0 Å². The predicted octanol–water partition coefficient (Wildman–Crippen LogP) is 2.35. The summed E-state index contributed by atoms with van der Waals surface area (Å²) >= 11 is 0. The molecule has 0 heterocycles. The number of hydrogen-bond acceptors (Lipinski definition) is 6. The first-order valence-electron chi connectivity index (χ1n) is 5.09. The van der Waals surface area contributed by atoms with Crippen molar-refractivity contribution < 1.29 is 28.4 Å². The average Bonchev–Trinajstić information content (AvgIpc) is 2.48. The zero-order chi connectivity index (χ0) is 17.7. The van der Waals surface area contributed by atoms with E-state index >= 15 is 0 Å². The fourth-order valence-corrected chi connectivity index (χ4v) is 0.671. The number of hydrogen-bond donors (Lipinski definition) is 0. The Balaban J connectivity index is -0.000000108. The van der Waals surface area contributed by atoms with Crippen LogP contribution in [0.5, 0.6) is 0 Å². The van der Waals surface area contributed by atoms with Crippen LogP contribution in [0, 0.1) is 0 Å². The van der Waals surface area contributed by atoms with Crippen molar-refractivity contribution in [1.29, 1.82) is 0 Å². The van der Waals surface area contributed by atoms with E-state index in [1.807, 2.05) is 0 Å². The van der Waals surface area contributed by atoms with E-state index in [2.05, 4.69) is 39.5 Å². The third kappa shape index (κ3) is 21.8. The van der Waals surface area contributed by atoms with Gasteiger partial charge in [-0.15, -0.1) is 0 Å². The minimum Gasteiger partial charge on any atom is -0.793 e. The van der Waals surface area contributed by atoms with Crippen molar-refractivity contribution >= 4 is 39.5 Å². The van der Waals surface area contributed by atoms with Gasteiger partial charge < -0.3 is 28.4 Å². The summed E-state index contributed by atoms with van der Waals surface area (Å²) in [6.07, 6.45) is 0. The second kappa shape index (κ2) is 14.2. The molecule has 0 bridgehead atoms. The first-order chi connectivity index (χ1) is 9.36. The van der Waals surface area contributed by atoms with Crippen molar-refractivity contribution in [2.75, 3.05) is 0 Å². The maximum atomic E-state index is 10.2. The monoisotopic (exact) mass is 378 g/mol. The number of rotatable bonds is 6. The summed E-state index contributed by atoms with van der Waals surface area (Å²) in [6, 6.07) is 0. The summed E-state index contributed by atoms with van der Waals surface area (Å²) in [5.41, 5.74) is 0. The molecule has 6 nitrogen and oxygen atoms in total. The van der Waals surface area contributed by atoms with Crippen LogP contribution in [0.2, 0.25) is 0 Å². The van der Waals surface area contributed by atoms with Gasteiger partial charge in [0.25, 0.3) is 0 Å². The van der Waals surface area contributed by atoms with Gasteiger partial charge in [0.05, 0.1) is 22.1 Å². The van der Waals surface area contributed by atoms with E-state index in [0.717, 1.165) is 34.9 Å². The molecule has 0 amide bonds. The third-order valence-corrected chi connectivity index (χ3v) is 4.58. The minimum atomic E-state index is -3.38. The molecule has 0 aliphatic rings. The molecule has 0 spiro atoms. The van der Waals surface area contributed by atoms with E-state index in [1.54, 1.807) is 0 Å². The molecule has 0 aliphatic heterocycles. The van der Waals surface area contributed by atoms with Crippen LogP contribution in [-0.4, -0.2) is 17.4 Å². The van der Waals surface area contributed by atoms with Crippen LogP contribution in [0.4, 0.5) is 0 Å². The van der Waals surface area contributed by atoms with Crippen LogP contribution in [0.1, 0.15) is 0 Å². The van der Waals surface area contributed by atoms with E-state index < -0.39 is 22.1 Å². The van der Waals surface area contributed by atoms with E-state index in [9.17, 15) is 28.4 Å². The average molecular weight is 378 g/mol. The van der Waals surface area contributed by atoms with E-state index in [4.69, 9.17) is 0 Å². The second-order valence-electron chi connectivity index (χ2n) is 3.03. The summed E-state index contributed by atoms with van der Waals surface area (Å²) in [5, 5.41) is 0. The summed E-state index contributed by atoms with van der Waals surface area (Å²) in [6.45, 7) is 18.3. The molecule has 0 unspecified atom stereocenters. The quantitative estimate of drug-likeness (QED) is 0.517. The topological polar surface area (TPSA) is 120 Å². The van der Waals surface area contributed by atoms with Crippen molar-refractivity contribution in [2.45, 2.75) is 0 Å². The molecule has 0 N–H and O–H groups in total. The minimum absolute atomic E-state index is 0. The molecule has 0 fully saturated rings. The van der Waals surface area contributed by atoms with Crippen LogP contribution in [-0.2, 0) is 13.7 Å². The molecule has 120 valence electrons. The summed E-state index contributed by atoms with van der Waals surface area (Å²) in [7, 11) is -10.1. The van der Waals surface area contributed by atoms with Crippen molar-refractivity contribution in [3.8, 4) is 0 Å². The van der Waals surface area contributed by atoms with Gasteiger partial charge in [0.2, 0.25) is 0 Å². The molecule has 0 atom stereocenters. The van der Waals surface area contributed by atoms with Crippen molar-refractivity contribution in [1.82, 2.24) is 0 Å². The van der Waals surface area contributed by atoms with Crippen molar-refractivity contribution in [2.24, 2.45) is 0 Å². The normalized spacial score (nSPS) is 9.95. The van der Waals surface area contributed by atoms with E-state index in [1.165, 1.54) is 0 Å². The van der Waals surface area contributed by atoms with Gasteiger partial charge in [-0.1, -0.05) is 39.5 Å². The maximum Gasteiger partial charge on any atom is 3.00 e. The molecule has 0 aromatic heterocycles. The third-order valence-electron chi connectivity index (χ3n) is 1.53. The summed E-state index contributed by atoms with van der Waals surface area (Å²) < 4.78 is 30.5. The zero-order valence-corrected chi connectivity index (χ0v) is 15.9. The first kappa shape index (κ1) is 29.5. The standard InChI is InChI=1S/3C4H7O2P.Al/c3*1-3-7(5,6)4-2;/h3*3-4H,1-2H2,(H,5,6);/q;;;+3/p-3. The Labute approximate surface area is 142 Å². The Hall–Kier alpha value is -0.458. The molecule has 22 heavy (non-hydrogen) atoms. The van der Waals surface area contributed by atoms with Gasteiger partial charge in [0.15, 0.2) is 0 Å². The smallest absolute Gasteiger partial charge is 0.793 e. The van der Waals surface area contributed by atoms with Gasteiger partial charge in [0.1, 0.15) is 0 Å². The van der Waals surface area contributed by atoms with Crippen LogP contribution in [0.25, 0.3) is 0 Å². The van der Waals surface area contributed by atoms with Gasteiger partial charge in [-0.2, -0.15) is 0 Å². The fourth-order valence-electron chi connectivity index (χ4n) is 0.224. The van der Waals surface area contributed by atoms with Gasteiger partial charge >= 0.3 is 17.4 Å². The van der Waals surface area contributed by atoms with Gasteiger partial charge in [-0.25, -0.2) is 0 Å². The van der Waals surface area contributed by atoms with Gasteiger partial charge in [-0.3, -0.25) is 0 Å². The molecule has 0 aliphatic carbocycles. The second-order valence-corrected chi connectivity index (χ2v) is 9.09. The Morgan fingerprint density at radius 1 is 0.500 bits per heavy atom. The molecule has 0 saturated heterocycles. The molecule has 0 aromatic carbocycles. The fraction of sp³-hybridized carbons (Fsp3) is 0. The molecule has 0 saturated carbocycles. The molecular formula is C12H18AlO6P3. The maximum absolute atomic E-state index is 10.2. The van der Waals surface area contributed by atoms with Crippen LogP contribution in [0.15, 0.2) is 74.4 Å². The summed E-state index contributed by atoms with van der Waals surface area (Å²) in [4.78, 5) is 30.5. The zero-order valence-electron chi connectivity index (χ0n) is 12.1. The SMILES string of the molecule is C=CP(=O)([O-])C=C.C=CP(=O)([O-])C=C.C=CP(=O)([O-])C=C.[Al+3]. The Morgan fingerprint density at radius 2 is 0.591 bits per heavy atom. The van der Waals surface area contributed by atoms with Gasteiger partial charge in [-0.05, 0) is 34.9 Å². The predicted molar refractivity (Wildman–Crippen MR) is 89.8 cm³/mol. The van der Waals surface area contributed by atoms with E-state index in [-0.39, 0.29) is 17.4 Å². The Morgan fingerprint density at radius 3 is 0.591 bits per heavy atom. The van der Waals surface area contributed by atoms with Crippen LogP contribution < -0.4 is 14.7 Å². The van der Waals surface area contributed by atoms with Crippen molar-refractivity contribution in [3.63, 3.8) is 0 Å². The molecule has 10 heteroatoms. The van der Waals surface area contributed by atoms with Crippen LogP contribution in [0.3, 0.4) is 0 Å². The molecule has 0 radical (unpaired) electrons. The Kier molecular flexibility index (Phi) is 19.0. The first-order valence-corrected chi connectivity index (χ1v) is 10.4. The largest absolute Gasteiger partial charge is 3.00 e.